The molecule has 0 aromatic heterocycles. The highest BCUT2D eigenvalue weighted by Crippen LogP contribution is 2.31. The molecule has 0 radical (unpaired) electrons. The smallest absolute Gasteiger partial charge is 0.311 e. The summed E-state index contributed by atoms with van der Waals surface area (Å²) in [5.74, 6) is -1.03. The highest BCUT2D eigenvalue weighted by Gasteiger charge is 2.27. The second kappa shape index (κ2) is 6.13. The second-order valence-electron chi connectivity index (χ2n) is 4.77. The molecular weight excluding hydrogens is 280 g/mol. The van der Waals surface area contributed by atoms with Gasteiger partial charge in [0.15, 0.2) is 0 Å². The number of carbonyl (C=O) groups is 1. The number of benzene rings is 1. The fraction of sp³-hybridized carbons (Fsp3) is 0.462. The van der Waals surface area contributed by atoms with Gasteiger partial charge in [-0.25, -0.2) is 0 Å². The van der Waals surface area contributed by atoms with Crippen molar-refractivity contribution in [2.24, 2.45) is 0 Å². The van der Waals surface area contributed by atoms with Crippen LogP contribution >= 0.6 is 11.8 Å². The van der Waals surface area contributed by atoms with Crippen LogP contribution in [0.5, 0.6) is 5.75 Å². The van der Waals surface area contributed by atoms with Crippen LogP contribution in [-0.4, -0.2) is 33.5 Å². The number of phenols is 1. The number of thioether (sulfide) groups is 1. The number of rotatable bonds is 4. The number of amides is 1. The second-order valence-corrected chi connectivity index (χ2v) is 5.91. The Labute approximate surface area is 120 Å². The van der Waals surface area contributed by atoms with Gasteiger partial charge in [0.05, 0.1) is 10.5 Å². The van der Waals surface area contributed by atoms with Gasteiger partial charge in [0.1, 0.15) is 0 Å². The molecule has 1 aliphatic carbocycles. The third-order valence-corrected chi connectivity index (χ3v) is 4.60. The molecule has 2 unspecified atom stereocenters. The fourth-order valence-corrected chi connectivity index (χ4v) is 3.21. The van der Waals surface area contributed by atoms with Gasteiger partial charge in [0.25, 0.3) is 5.91 Å². The normalized spacial score (nSPS) is 21.6. The number of aromatic hydroxyl groups is 1. The number of hydrogen-bond acceptors (Lipinski definition) is 5. The maximum absolute atomic E-state index is 12.1. The Kier molecular flexibility index (Phi) is 4.49. The summed E-state index contributed by atoms with van der Waals surface area (Å²) in [6.45, 7) is 0. The van der Waals surface area contributed by atoms with Crippen LogP contribution in [0, 0.1) is 10.1 Å². The molecule has 0 aliphatic heterocycles. The van der Waals surface area contributed by atoms with Gasteiger partial charge < -0.3 is 10.4 Å². The topological polar surface area (TPSA) is 92.5 Å². The summed E-state index contributed by atoms with van der Waals surface area (Å²) in [5.41, 5.74) is -0.502. The molecule has 1 aromatic carbocycles. The van der Waals surface area contributed by atoms with Crippen LogP contribution in [0.1, 0.15) is 29.6 Å². The van der Waals surface area contributed by atoms with E-state index in [2.05, 4.69) is 5.32 Å². The standard InChI is InChI=1S/C13H16N2O4S/c1-20-9-6-5-8(7-9)14-13(17)10-3-2-4-11(12(10)16)15(18)19/h2-4,8-9,16H,5-7H2,1H3,(H,14,17). The first-order valence-corrected chi connectivity index (χ1v) is 7.61. The Balaban J connectivity index is 2.10. The quantitative estimate of drug-likeness (QED) is 0.657. The summed E-state index contributed by atoms with van der Waals surface area (Å²) in [4.78, 5) is 22.1. The maximum atomic E-state index is 12.1. The molecule has 2 rings (SSSR count). The van der Waals surface area contributed by atoms with E-state index in [4.69, 9.17) is 0 Å². The maximum Gasteiger partial charge on any atom is 0.311 e. The largest absolute Gasteiger partial charge is 0.502 e. The molecule has 0 heterocycles. The number of hydrogen-bond donors (Lipinski definition) is 2. The summed E-state index contributed by atoms with van der Waals surface area (Å²) in [6.07, 6.45) is 4.88. The van der Waals surface area contributed by atoms with Crippen molar-refractivity contribution in [3.8, 4) is 5.75 Å². The van der Waals surface area contributed by atoms with E-state index in [9.17, 15) is 20.0 Å². The molecule has 108 valence electrons. The van der Waals surface area contributed by atoms with E-state index in [1.54, 1.807) is 11.8 Å². The molecule has 20 heavy (non-hydrogen) atoms. The van der Waals surface area contributed by atoms with Crippen molar-refractivity contribution < 1.29 is 14.8 Å². The molecule has 0 spiro atoms. The van der Waals surface area contributed by atoms with E-state index in [1.165, 1.54) is 18.2 Å². The van der Waals surface area contributed by atoms with Crippen molar-refractivity contribution in [1.29, 1.82) is 0 Å². The van der Waals surface area contributed by atoms with Crippen molar-refractivity contribution in [2.75, 3.05) is 6.26 Å². The Hall–Kier alpha value is -1.76. The summed E-state index contributed by atoms with van der Waals surface area (Å²) in [5, 5.41) is 23.9. The summed E-state index contributed by atoms with van der Waals surface area (Å²) < 4.78 is 0. The van der Waals surface area contributed by atoms with Crippen LogP contribution in [0.2, 0.25) is 0 Å². The summed E-state index contributed by atoms with van der Waals surface area (Å²) in [6, 6.07) is 4.02. The average molecular weight is 296 g/mol. The third-order valence-electron chi connectivity index (χ3n) is 3.51. The van der Waals surface area contributed by atoms with Gasteiger partial charge in [-0.2, -0.15) is 11.8 Å². The number of nitrogens with zero attached hydrogens (tertiary/aromatic N) is 1. The molecule has 1 fully saturated rings. The van der Waals surface area contributed by atoms with Crippen LogP contribution in [0.3, 0.4) is 0 Å². The minimum Gasteiger partial charge on any atom is -0.502 e. The third kappa shape index (κ3) is 3.04. The van der Waals surface area contributed by atoms with E-state index >= 15 is 0 Å². The molecular formula is C13H16N2O4S. The molecule has 2 atom stereocenters. The first-order chi connectivity index (χ1) is 9.52. The van der Waals surface area contributed by atoms with Gasteiger partial charge >= 0.3 is 5.69 Å². The van der Waals surface area contributed by atoms with Crippen molar-refractivity contribution in [1.82, 2.24) is 5.32 Å². The van der Waals surface area contributed by atoms with Crippen molar-refractivity contribution in [3.63, 3.8) is 0 Å². The van der Waals surface area contributed by atoms with Gasteiger partial charge in [-0.1, -0.05) is 6.07 Å². The molecule has 0 saturated heterocycles. The molecule has 2 N–H and O–H groups in total. The van der Waals surface area contributed by atoms with Gasteiger partial charge in [-0.3, -0.25) is 14.9 Å². The Bertz CT molecular complexity index is 535. The zero-order valence-electron chi connectivity index (χ0n) is 11.0. The molecule has 7 heteroatoms. The highest BCUT2D eigenvalue weighted by molar-refractivity contribution is 7.99. The molecule has 6 nitrogen and oxygen atoms in total. The highest BCUT2D eigenvalue weighted by atomic mass is 32.2. The molecule has 1 amide bonds. The van der Waals surface area contributed by atoms with Crippen LogP contribution in [0.4, 0.5) is 5.69 Å². The van der Waals surface area contributed by atoms with E-state index in [1.807, 2.05) is 6.26 Å². The zero-order chi connectivity index (χ0) is 14.7. The fourth-order valence-electron chi connectivity index (χ4n) is 2.41. The number of nitro benzene ring substituents is 1. The van der Waals surface area contributed by atoms with Crippen LogP contribution in [0.25, 0.3) is 0 Å². The predicted octanol–water partition coefficient (Wildman–Crippen LogP) is 2.31. The molecule has 1 saturated carbocycles. The number of phenolic OH excluding ortho intramolecular Hbond substituents is 1. The van der Waals surface area contributed by atoms with Gasteiger partial charge in [-0.05, 0) is 31.6 Å². The predicted molar refractivity (Wildman–Crippen MR) is 77.2 cm³/mol. The van der Waals surface area contributed by atoms with Crippen LogP contribution in [-0.2, 0) is 0 Å². The lowest BCUT2D eigenvalue weighted by molar-refractivity contribution is -0.385. The Morgan fingerprint density at radius 3 is 2.85 bits per heavy atom. The SMILES string of the molecule is CSC1CCC(NC(=O)c2cccc([N+](=O)[O-])c2O)C1. The number of para-hydroxylation sites is 1. The number of nitrogens with one attached hydrogen (secondary N) is 1. The number of nitro groups is 1. The Morgan fingerprint density at radius 1 is 1.50 bits per heavy atom. The van der Waals surface area contributed by atoms with Crippen molar-refractivity contribution in [3.05, 3.63) is 33.9 Å². The minimum atomic E-state index is -0.703. The molecule has 0 bridgehead atoms. The van der Waals surface area contributed by atoms with E-state index in [-0.39, 0.29) is 11.6 Å². The first kappa shape index (κ1) is 14.6. The van der Waals surface area contributed by atoms with Crippen molar-refractivity contribution >= 4 is 23.4 Å². The van der Waals surface area contributed by atoms with Crippen molar-refractivity contribution in [2.45, 2.75) is 30.6 Å². The van der Waals surface area contributed by atoms with Gasteiger partial charge in [0, 0.05) is 17.4 Å². The van der Waals surface area contributed by atoms with Gasteiger partial charge in [0.2, 0.25) is 5.75 Å². The van der Waals surface area contributed by atoms with E-state index in [0.717, 1.165) is 19.3 Å². The lowest BCUT2D eigenvalue weighted by atomic mass is 10.1. The minimum absolute atomic E-state index is 0.0493. The zero-order valence-corrected chi connectivity index (χ0v) is 11.9. The first-order valence-electron chi connectivity index (χ1n) is 6.33. The lowest BCUT2D eigenvalue weighted by Crippen LogP contribution is -2.33. The lowest BCUT2D eigenvalue weighted by Gasteiger charge is -2.13. The average Bonchev–Trinajstić information content (AvgIpc) is 2.86. The molecule has 1 aliphatic rings. The van der Waals surface area contributed by atoms with E-state index in [0.29, 0.717) is 5.25 Å². The molecule has 1 aromatic rings. The number of carbonyl (C=O) groups excluding carboxylic acids is 1. The Morgan fingerprint density at radius 2 is 2.25 bits per heavy atom. The van der Waals surface area contributed by atoms with Gasteiger partial charge in [-0.15, -0.1) is 0 Å². The monoisotopic (exact) mass is 296 g/mol. The van der Waals surface area contributed by atoms with E-state index < -0.39 is 22.3 Å². The summed E-state index contributed by atoms with van der Waals surface area (Å²) >= 11 is 1.78. The summed E-state index contributed by atoms with van der Waals surface area (Å²) in [7, 11) is 0. The van der Waals surface area contributed by atoms with Crippen LogP contribution < -0.4 is 5.32 Å². The van der Waals surface area contributed by atoms with Crippen LogP contribution in [0.15, 0.2) is 18.2 Å².